The van der Waals surface area contributed by atoms with E-state index in [4.69, 9.17) is 0 Å². The number of anilines is 4. The molecule has 2 aromatic heterocycles. The first-order valence-corrected chi connectivity index (χ1v) is 13.3. The number of aryl methyl sites for hydroxylation is 1. The van der Waals surface area contributed by atoms with Crippen LogP contribution in [0.4, 0.5) is 21.6 Å². The summed E-state index contributed by atoms with van der Waals surface area (Å²) < 4.78 is 0. The number of amides is 1. The smallest absolute Gasteiger partial charge is 0.255 e. The first-order valence-electron chi connectivity index (χ1n) is 11.6. The topological polar surface area (TPSA) is 64.6 Å². The summed E-state index contributed by atoms with van der Waals surface area (Å²) in [4.78, 5) is 28.9. The van der Waals surface area contributed by atoms with Crippen molar-refractivity contribution >= 4 is 50.2 Å². The van der Waals surface area contributed by atoms with Gasteiger partial charge in [0.1, 0.15) is 0 Å². The van der Waals surface area contributed by atoms with Crippen molar-refractivity contribution < 1.29 is 4.79 Å². The van der Waals surface area contributed by atoms with Gasteiger partial charge < -0.3 is 10.2 Å². The van der Waals surface area contributed by atoms with E-state index < -0.39 is 0 Å². The van der Waals surface area contributed by atoms with Crippen LogP contribution < -0.4 is 10.2 Å². The van der Waals surface area contributed by atoms with Crippen molar-refractivity contribution in [2.24, 2.45) is 0 Å². The number of carbonyl (C=O) groups excluding carboxylic acids is 1. The van der Waals surface area contributed by atoms with Crippen LogP contribution in [0.25, 0.3) is 0 Å². The lowest BCUT2D eigenvalue weighted by atomic mass is 10.1. The SMILES string of the molecule is Cc1ccc(NC(=O)c2ccc(CN3CCN(C)CC3)cc2)cc1N(c1nccs1)c1nccs1. The fourth-order valence-electron chi connectivity index (χ4n) is 4.10. The highest BCUT2D eigenvalue weighted by Crippen LogP contribution is 2.39. The van der Waals surface area contributed by atoms with Gasteiger partial charge in [-0.1, -0.05) is 18.2 Å². The minimum Gasteiger partial charge on any atom is -0.322 e. The molecule has 0 radical (unpaired) electrons. The molecule has 1 aliphatic rings. The van der Waals surface area contributed by atoms with Crippen LogP contribution >= 0.6 is 22.7 Å². The second-order valence-corrected chi connectivity index (χ2v) is 10.4. The zero-order chi connectivity index (χ0) is 24.2. The Kier molecular flexibility index (Phi) is 7.19. The number of thiazole rings is 2. The van der Waals surface area contributed by atoms with Crippen LogP contribution in [0.15, 0.2) is 65.6 Å². The third-order valence-corrected chi connectivity index (χ3v) is 7.66. The Morgan fingerprint density at radius 2 is 1.63 bits per heavy atom. The van der Waals surface area contributed by atoms with Crippen molar-refractivity contribution in [3.05, 3.63) is 82.3 Å². The van der Waals surface area contributed by atoms with Gasteiger partial charge in [0.25, 0.3) is 5.91 Å². The Balaban J connectivity index is 1.31. The molecule has 4 aromatic rings. The average molecular weight is 505 g/mol. The molecule has 0 aliphatic carbocycles. The summed E-state index contributed by atoms with van der Waals surface area (Å²) in [5, 5.41) is 8.63. The zero-order valence-electron chi connectivity index (χ0n) is 19.8. The van der Waals surface area contributed by atoms with Crippen molar-refractivity contribution in [1.82, 2.24) is 19.8 Å². The van der Waals surface area contributed by atoms with Crippen LogP contribution in [-0.4, -0.2) is 58.9 Å². The van der Waals surface area contributed by atoms with Crippen molar-refractivity contribution in [3.8, 4) is 0 Å². The van der Waals surface area contributed by atoms with Crippen LogP contribution in [0.5, 0.6) is 0 Å². The molecule has 1 aliphatic heterocycles. The van der Waals surface area contributed by atoms with E-state index in [1.807, 2.05) is 52.9 Å². The Bertz CT molecular complexity index is 1220. The molecule has 1 saturated heterocycles. The maximum Gasteiger partial charge on any atom is 0.255 e. The van der Waals surface area contributed by atoms with Gasteiger partial charge in [0, 0.05) is 67.1 Å². The molecule has 0 bridgehead atoms. The summed E-state index contributed by atoms with van der Waals surface area (Å²) in [5.41, 5.74) is 4.62. The number of carbonyl (C=O) groups is 1. The van der Waals surface area contributed by atoms with Crippen LogP contribution in [0.3, 0.4) is 0 Å². The average Bonchev–Trinajstić information content (AvgIpc) is 3.59. The molecule has 0 saturated carbocycles. The highest BCUT2D eigenvalue weighted by Gasteiger charge is 2.20. The number of piperazine rings is 1. The number of hydrogen-bond acceptors (Lipinski definition) is 8. The molecule has 180 valence electrons. The maximum atomic E-state index is 13.0. The number of nitrogens with zero attached hydrogens (tertiary/aromatic N) is 5. The largest absolute Gasteiger partial charge is 0.322 e. The van der Waals surface area contributed by atoms with E-state index in [1.165, 1.54) is 5.56 Å². The molecule has 9 heteroatoms. The van der Waals surface area contributed by atoms with Crippen molar-refractivity contribution in [2.75, 3.05) is 43.4 Å². The first kappa shape index (κ1) is 23.6. The molecule has 1 amide bonds. The van der Waals surface area contributed by atoms with E-state index >= 15 is 0 Å². The van der Waals surface area contributed by atoms with Crippen molar-refractivity contribution in [2.45, 2.75) is 13.5 Å². The molecular weight excluding hydrogens is 476 g/mol. The summed E-state index contributed by atoms with van der Waals surface area (Å²) in [7, 11) is 2.16. The van der Waals surface area contributed by atoms with Gasteiger partial charge in [-0.3, -0.25) is 14.6 Å². The van der Waals surface area contributed by atoms with Gasteiger partial charge in [0.2, 0.25) is 0 Å². The molecule has 0 unspecified atom stereocenters. The number of benzene rings is 2. The summed E-state index contributed by atoms with van der Waals surface area (Å²) in [6, 6.07) is 13.9. The van der Waals surface area contributed by atoms with Gasteiger partial charge in [0.05, 0.1) is 5.69 Å². The van der Waals surface area contributed by atoms with E-state index in [0.717, 1.165) is 59.9 Å². The number of hydrogen-bond donors (Lipinski definition) is 1. The minimum absolute atomic E-state index is 0.124. The van der Waals surface area contributed by atoms with Crippen LogP contribution in [-0.2, 0) is 6.54 Å². The lowest BCUT2D eigenvalue weighted by Gasteiger charge is -2.32. The Hall–Kier alpha value is -3.11. The van der Waals surface area contributed by atoms with Gasteiger partial charge in [-0.05, 0) is 49.4 Å². The second-order valence-electron chi connectivity index (χ2n) is 8.70. The molecule has 0 atom stereocenters. The monoisotopic (exact) mass is 504 g/mol. The van der Waals surface area contributed by atoms with Crippen LogP contribution in [0.2, 0.25) is 0 Å². The van der Waals surface area contributed by atoms with Crippen LogP contribution in [0, 0.1) is 6.92 Å². The predicted molar refractivity (Wildman–Crippen MR) is 144 cm³/mol. The van der Waals surface area contributed by atoms with Gasteiger partial charge in [-0.25, -0.2) is 9.97 Å². The molecule has 35 heavy (non-hydrogen) atoms. The molecule has 5 rings (SSSR count). The third kappa shape index (κ3) is 5.59. The number of aromatic nitrogens is 2. The molecule has 2 aromatic carbocycles. The fraction of sp³-hybridized carbons (Fsp3) is 0.269. The predicted octanol–water partition coefficient (Wildman–Crippen LogP) is 5.38. The molecule has 1 N–H and O–H groups in total. The number of likely N-dealkylation sites (N-methyl/N-ethyl adjacent to an activating group) is 1. The lowest BCUT2D eigenvalue weighted by Crippen LogP contribution is -2.43. The van der Waals surface area contributed by atoms with Crippen LogP contribution in [0.1, 0.15) is 21.5 Å². The van der Waals surface area contributed by atoms with E-state index in [2.05, 4.69) is 44.3 Å². The highest BCUT2D eigenvalue weighted by atomic mass is 32.1. The summed E-state index contributed by atoms with van der Waals surface area (Å²) in [6.45, 7) is 7.32. The van der Waals surface area contributed by atoms with E-state index in [0.29, 0.717) is 5.56 Å². The third-order valence-electron chi connectivity index (χ3n) is 6.15. The normalized spacial score (nSPS) is 14.7. The molecule has 0 spiro atoms. The van der Waals surface area contributed by atoms with E-state index in [1.54, 1.807) is 35.1 Å². The van der Waals surface area contributed by atoms with Gasteiger partial charge in [-0.15, -0.1) is 22.7 Å². The number of rotatable bonds is 7. The second kappa shape index (κ2) is 10.7. The highest BCUT2D eigenvalue weighted by molar-refractivity contribution is 7.16. The first-order chi connectivity index (χ1) is 17.1. The van der Waals surface area contributed by atoms with Crippen molar-refractivity contribution in [3.63, 3.8) is 0 Å². The lowest BCUT2D eigenvalue weighted by molar-refractivity contribution is 0.102. The molecular formula is C26H28N6OS2. The fourth-order valence-corrected chi connectivity index (χ4v) is 5.47. The summed E-state index contributed by atoms with van der Waals surface area (Å²) in [5.74, 6) is -0.124. The Labute approximate surface area is 213 Å². The zero-order valence-corrected chi connectivity index (χ0v) is 21.5. The molecule has 7 nitrogen and oxygen atoms in total. The quantitative estimate of drug-likeness (QED) is 0.365. The molecule has 1 fully saturated rings. The number of nitrogens with one attached hydrogen (secondary N) is 1. The van der Waals surface area contributed by atoms with E-state index in [-0.39, 0.29) is 5.91 Å². The summed E-state index contributed by atoms with van der Waals surface area (Å²) in [6.07, 6.45) is 3.57. The minimum atomic E-state index is -0.124. The summed E-state index contributed by atoms with van der Waals surface area (Å²) >= 11 is 3.10. The van der Waals surface area contributed by atoms with Crippen molar-refractivity contribution in [1.29, 1.82) is 0 Å². The maximum absolute atomic E-state index is 13.0. The van der Waals surface area contributed by atoms with Gasteiger partial charge >= 0.3 is 0 Å². The van der Waals surface area contributed by atoms with E-state index in [9.17, 15) is 4.79 Å². The Morgan fingerprint density at radius 1 is 0.971 bits per heavy atom. The van der Waals surface area contributed by atoms with Gasteiger partial charge in [0.15, 0.2) is 10.3 Å². The molecule has 3 heterocycles. The Morgan fingerprint density at radius 3 is 2.23 bits per heavy atom. The standard InChI is InChI=1S/C26H28N6OS2/c1-19-3-8-22(17-23(19)32(25-27-9-15-34-25)26-28-10-16-35-26)29-24(33)21-6-4-20(5-7-21)18-31-13-11-30(2)12-14-31/h3-10,15-17H,11-14,18H2,1-2H3,(H,29,33). The van der Waals surface area contributed by atoms with Gasteiger partial charge in [-0.2, -0.15) is 0 Å².